The molecule has 1 amide bonds. The molecule has 0 spiro atoms. The Hall–Kier alpha value is -2.24. The molecule has 23 heavy (non-hydrogen) atoms. The second-order valence-electron chi connectivity index (χ2n) is 6.57. The Balaban J connectivity index is 2.00. The van der Waals surface area contributed by atoms with Crippen molar-refractivity contribution < 1.29 is 19.1 Å². The van der Waals surface area contributed by atoms with Crippen molar-refractivity contribution in [3.63, 3.8) is 0 Å². The first kappa shape index (κ1) is 17.1. The maximum absolute atomic E-state index is 12.1. The molecule has 1 heterocycles. The summed E-state index contributed by atoms with van der Waals surface area (Å²) in [7, 11) is 1.36. The van der Waals surface area contributed by atoms with Crippen LogP contribution in [-0.2, 0) is 27.2 Å². The number of amides is 1. The second-order valence-corrected chi connectivity index (χ2v) is 6.57. The summed E-state index contributed by atoms with van der Waals surface area (Å²) >= 11 is 0. The fourth-order valence-electron chi connectivity index (χ4n) is 2.39. The van der Waals surface area contributed by atoms with Crippen molar-refractivity contribution in [3.05, 3.63) is 29.3 Å². The Morgan fingerprint density at radius 1 is 1.26 bits per heavy atom. The molecule has 0 unspecified atom stereocenters. The van der Waals surface area contributed by atoms with Crippen LogP contribution in [0.3, 0.4) is 0 Å². The first-order valence-electron chi connectivity index (χ1n) is 7.69. The molecule has 6 nitrogen and oxygen atoms in total. The SMILES string of the molecule is COC(=O)CNc1ccc2c(c1)CCN(C(=O)OC(C)(C)C)C2. The van der Waals surface area contributed by atoms with Gasteiger partial charge in [0.2, 0.25) is 0 Å². The van der Waals surface area contributed by atoms with Crippen LogP contribution in [0.4, 0.5) is 10.5 Å². The van der Waals surface area contributed by atoms with Crippen LogP contribution in [0.15, 0.2) is 18.2 Å². The van der Waals surface area contributed by atoms with Gasteiger partial charge in [0.1, 0.15) is 12.1 Å². The average molecular weight is 320 g/mol. The zero-order valence-electron chi connectivity index (χ0n) is 14.1. The highest BCUT2D eigenvalue weighted by Gasteiger charge is 2.25. The fraction of sp³-hybridized carbons (Fsp3) is 0.529. The van der Waals surface area contributed by atoms with E-state index in [1.165, 1.54) is 12.7 Å². The van der Waals surface area contributed by atoms with E-state index >= 15 is 0 Å². The van der Waals surface area contributed by atoms with Gasteiger partial charge in [0.15, 0.2) is 0 Å². The highest BCUT2D eigenvalue weighted by atomic mass is 16.6. The summed E-state index contributed by atoms with van der Waals surface area (Å²) in [4.78, 5) is 25.0. The molecule has 2 rings (SSSR count). The lowest BCUT2D eigenvalue weighted by molar-refractivity contribution is -0.138. The number of carbonyl (C=O) groups excluding carboxylic acids is 2. The molecule has 6 heteroatoms. The van der Waals surface area contributed by atoms with Crippen LogP contribution in [0.2, 0.25) is 0 Å². The molecule has 1 aliphatic rings. The first-order valence-corrected chi connectivity index (χ1v) is 7.69. The number of esters is 1. The molecule has 0 aliphatic carbocycles. The number of nitrogens with zero attached hydrogens (tertiary/aromatic N) is 1. The van der Waals surface area contributed by atoms with E-state index in [4.69, 9.17) is 4.74 Å². The Labute approximate surface area is 136 Å². The molecule has 1 aliphatic heterocycles. The Kier molecular flexibility index (Phi) is 5.13. The quantitative estimate of drug-likeness (QED) is 0.867. The van der Waals surface area contributed by atoms with Crippen molar-refractivity contribution >= 4 is 17.7 Å². The number of methoxy groups -OCH3 is 1. The van der Waals surface area contributed by atoms with Gasteiger partial charge in [-0.25, -0.2) is 4.79 Å². The topological polar surface area (TPSA) is 67.9 Å². The molecule has 0 saturated heterocycles. The lowest BCUT2D eigenvalue weighted by Gasteiger charge is -2.31. The summed E-state index contributed by atoms with van der Waals surface area (Å²) in [5.74, 6) is -0.307. The van der Waals surface area contributed by atoms with E-state index in [0.29, 0.717) is 13.1 Å². The zero-order valence-corrected chi connectivity index (χ0v) is 14.1. The van der Waals surface area contributed by atoms with Gasteiger partial charge >= 0.3 is 12.1 Å². The summed E-state index contributed by atoms with van der Waals surface area (Å²) in [6, 6.07) is 5.90. The smallest absolute Gasteiger partial charge is 0.410 e. The molecular weight excluding hydrogens is 296 g/mol. The van der Waals surface area contributed by atoms with Crippen molar-refractivity contribution in [2.24, 2.45) is 0 Å². The number of fused-ring (bicyclic) bond motifs is 1. The number of benzene rings is 1. The van der Waals surface area contributed by atoms with Gasteiger partial charge in [-0.15, -0.1) is 0 Å². The standard InChI is InChI=1S/C17H24N2O4/c1-17(2,3)23-16(21)19-8-7-12-9-14(6-5-13(12)11-19)18-10-15(20)22-4/h5-6,9,18H,7-8,10-11H2,1-4H3. The van der Waals surface area contributed by atoms with Crippen molar-refractivity contribution in [1.29, 1.82) is 0 Å². The Morgan fingerprint density at radius 3 is 2.65 bits per heavy atom. The van der Waals surface area contributed by atoms with Crippen LogP contribution < -0.4 is 5.32 Å². The zero-order chi connectivity index (χ0) is 17.0. The molecule has 1 aromatic carbocycles. The van der Waals surface area contributed by atoms with Gasteiger partial charge < -0.3 is 19.7 Å². The summed E-state index contributed by atoms with van der Waals surface area (Å²) in [6.45, 7) is 6.90. The van der Waals surface area contributed by atoms with Gasteiger partial charge in [-0.3, -0.25) is 4.79 Å². The molecule has 1 N–H and O–H groups in total. The third-order valence-electron chi connectivity index (χ3n) is 3.53. The van der Waals surface area contributed by atoms with Crippen molar-refractivity contribution in [2.45, 2.75) is 39.3 Å². The number of nitrogens with one attached hydrogen (secondary N) is 1. The molecular formula is C17H24N2O4. The fourth-order valence-corrected chi connectivity index (χ4v) is 2.39. The van der Waals surface area contributed by atoms with Gasteiger partial charge in [-0.2, -0.15) is 0 Å². The lowest BCUT2D eigenvalue weighted by Crippen LogP contribution is -2.39. The van der Waals surface area contributed by atoms with E-state index in [2.05, 4.69) is 10.1 Å². The average Bonchev–Trinajstić information content (AvgIpc) is 2.50. The van der Waals surface area contributed by atoms with E-state index in [1.807, 2.05) is 39.0 Å². The maximum atomic E-state index is 12.1. The molecule has 0 atom stereocenters. The van der Waals surface area contributed by atoms with Crippen LogP contribution in [-0.4, -0.2) is 42.8 Å². The summed E-state index contributed by atoms with van der Waals surface area (Å²) in [5, 5.41) is 3.03. The molecule has 0 bridgehead atoms. The predicted molar refractivity (Wildman–Crippen MR) is 87.3 cm³/mol. The predicted octanol–water partition coefficient (Wildman–Crippen LogP) is 2.56. The number of rotatable bonds is 3. The molecule has 0 fully saturated rings. The lowest BCUT2D eigenvalue weighted by atomic mass is 9.99. The summed E-state index contributed by atoms with van der Waals surface area (Å²) in [5.41, 5.74) is 2.67. The van der Waals surface area contributed by atoms with Gasteiger partial charge in [-0.05, 0) is 50.5 Å². The van der Waals surface area contributed by atoms with Crippen molar-refractivity contribution in [3.8, 4) is 0 Å². The largest absolute Gasteiger partial charge is 0.468 e. The minimum Gasteiger partial charge on any atom is -0.468 e. The Morgan fingerprint density at radius 2 is 2.00 bits per heavy atom. The number of hydrogen-bond donors (Lipinski definition) is 1. The number of anilines is 1. The van der Waals surface area contributed by atoms with Crippen LogP contribution in [0.25, 0.3) is 0 Å². The summed E-state index contributed by atoms with van der Waals surface area (Å²) in [6.07, 6.45) is 0.485. The van der Waals surface area contributed by atoms with Crippen LogP contribution in [0, 0.1) is 0 Å². The van der Waals surface area contributed by atoms with E-state index in [0.717, 1.165) is 17.7 Å². The van der Waals surface area contributed by atoms with E-state index in [9.17, 15) is 9.59 Å². The molecule has 126 valence electrons. The normalized spacial score (nSPS) is 14.0. The van der Waals surface area contributed by atoms with Gasteiger partial charge in [-0.1, -0.05) is 6.07 Å². The van der Waals surface area contributed by atoms with Crippen LogP contribution >= 0.6 is 0 Å². The monoisotopic (exact) mass is 320 g/mol. The highest BCUT2D eigenvalue weighted by Crippen LogP contribution is 2.24. The van der Waals surface area contributed by atoms with E-state index in [1.54, 1.807) is 4.90 Å². The van der Waals surface area contributed by atoms with Crippen LogP contribution in [0.5, 0.6) is 0 Å². The molecule has 1 aromatic rings. The minimum atomic E-state index is -0.487. The second kappa shape index (κ2) is 6.89. The van der Waals surface area contributed by atoms with E-state index in [-0.39, 0.29) is 18.6 Å². The molecule has 0 radical (unpaired) electrons. The van der Waals surface area contributed by atoms with Gasteiger partial charge in [0.25, 0.3) is 0 Å². The maximum Gasteiger partial charge on any atom is 0.410 e. The minimum absolute atomic E-state index is 0.138. The van der Waals surface area contributed by atoms with Crippen LogP contribution in [0.1, 0.15) is 31.9 Å². The highest BCUT2D eigenvalue weighted by molar-refractivity contribution is 5.75. The molecule has 0 saturated carbocycles. The van der Waals surface area contributed by atoms with Gasteiger partial charge in [0.05, 0.1) is 7.11 Å². The third kappa shape index (κ3) is 4.87. The third-order valence-corrected chi connectivity index (χ3v) is 3.53. The molecule has 0 aromatic heterocycles. The Bertz CT molecular complexity index is 593. The van der Waals surface area contributed by atoms with Gasteiger partial charge in [0, 0.05) is 18.8 Å². The number of ether oxygens (including phenoxy) is 2. The number of carbonyl (C=O) groups is 2. The summed E-state index contributed by atoms with van der Waals surface area (Å²) < 4.78 is 10.0. The first-order chi connectivity index (χ1) is 10.8. The van der Waals surface area contributed by atoms with E-state index < -0.39 is 5.60 Å². The van der Waals surface area contributed by atoms with Crippen molar-refractivity contribution in [1.82, 2.24) is 4.90 Å². The number of hydrogen-bond acceptors (Lipinski definition) is 5. The van der Waals surface area contributed by atoms with Crippen molar-refractivity contribution in [2.75, 3.05) is 25.5 Å².